The van der Waals surface area contributed by atoms with Crippen LogP contribution in [0.1, 0.15) is 33.0 Å². The number of H-pyrrole nitrogens is 1. The van der Waals surface area contributed by atoms with Crippen molar-refractivity contribution in [1.82, 2.24) is 20.5 Å². The summed E-state index contributed by atoms with van der Waals surface area (Å²) in [5.41, 5.74) is 0.367. The molecule has 1 rings (SSSR count). The largest absolute Gasteiger partial charge is 0.316 e. The van der Waals surface area contributed by atoms with E-state index in [-0.39, 0.29) is 0 Å². The maximum absolute atomic E-state index is 4.07. The molecule has 0 radical (unpaired) electrons. The van der Waals surface area contributed by atoms with Gasteiger partial charge in [0.1, 0.15) is 12.2 Å². The Morgan fingerprint density at radius 1 is 1.43 bits per heavy atom. The number of rotatable bonds is 5. The van der Waals surface area contributed by atoms with Crippen molar-refractivity contribution >= 4 is 0 Å². The van der Waals surface area contributed by atoms with Crippen LogP contribution >= 0.6 is 0 Å². The molecule has 0 aliphatic carbocycles. The second-order valence-corrected chi connectivity index (χ2v) is 4.77. The summed E-state index contributed by atoms with van der Waals surface area (Å²) in [7, 11) is 0. The molecule has 0 saturated carbocycles. The summed E-state index contributed by atoms with van der Waals surface area (Å²) >= 11 is 0. The first kappa shape index (κ1) is 11.2. The Kier molecular flexibility index (Phi) is 4.07. The molecule has 0 atom stereocenters. The molecular formula is C10H20N4. The van der Waals surface area contributed by atoms with E-state index in [1.807, 2.05) is 0 Å². The summed E-state index contributed by atoms with van der Waals surface area (Å²) in [6.45, 7) is 8.80. The van der Waals surface area contributed by atoms with Gasteiger partial charge in [0.25, 0.3) is 0 Å². The third kappa shape index (κ3) is 4.97. The lowest BCUT2D eigenvalue weighted by atomic mass is 9.97. The first-order valence-corrected chi connectivity index (χ1v) is 5.13. The molecular weight excluding hydrogens is 176 g/mol. The molecule has 80 valence electrons. The minimum atomic E-state index is 0.367. The lowest BCUT2D eigenvalue weighted by Gasteiger charge is -2.18. The highest BCUT2D eigenvalue weighted by Gasteiger charge is 2.08. The smallest absolute Gasteiger partial charge is 0.137 e. The van der Waals surface area contributed by atoms with Gasteiger partial charge in [-0.05, 0) is 24.9 Å². The quantitative estimate of drug-likeness (QED) is 0.699. The van der Waals surface area contributed by atoms with Crippen molar-refractivity contribution < 1.29 is 0 Å². The summed E-state index contributed by atoms with van der Waals surface area (Å²) in [6.07, 6.45) is 3.63. The van der Waals surface area contributed by atoms with Crippen LogP contribution in [0.5, 0.6) is 0 Å². The molecule has 0 aromatic carbocycles. The number of nitrogens with one attached hydrogen (secondary N) is 2. The number of nitrogens with zero attached hydrogens (tertiary/aromatic N) is 2. The van der Waals surface area contributed by atoms with E-state index < -0.39 is 0 Å². The van der Waals surface area contributed by atoms with Crippen LogP contribution < -0.4 is 5.32 Å². The zero-order chi connectivity index (χ0) is 10.4. The van der Waals surface area contributed by atoms with Crippen molar-refractivity contribution in [3.8, 4) is 0 Å². The average Bonchev–Trinajstić information content (AvgIpc) is 2.54. The van der Waals surface area contributed by atoms with E-state index in [0.717, 1.165) is 31.8 Å². The Balaban J connectivity index is 2.00. The number of hydrogen-bond donors (Lipinski definition) is 2. The van der Waals surface area contributed by atoms with Gasteiger partial charge in [0, 0.05) is 6.42 Å². The fourth-order valence-electron chi connectivity index (χ4n) is 1.20. The van der Waals surface area contributed by atoms with Gasteiger partial charge in [0.15, 0.2) is 0 Å². The number of aromatic nitrogens is 3. The van der Waals surface area contributed by atoms with E-state index in [4.69, 9.17) is 0 Å². The Bertz CT molecular complexity index is 235. The van der Waals surface area contributed by atoms with Crippen molar-refractivity contribution in [3.05, 3.63) is 12.2 Å². The van der Waals surface area contributed by atoms with Crippen molar-refractivity contribution in [2.45, 2.75) is 33.6 Å². The summed E-state index contributed by atoms with van der Waals surface area (Å²) in [5.74, 6) is 0.975. The molecule has 0 saturated heterocycles. The zero-order valence-corrected chi connectivity index (χ0v) is 9.30. The predicted octanol–water partition coefficient (Wildman–Crippen LogP) is 1.37. The molecule has 0 fully saturated rings. The predicted molar refractivity (Wildman–Crippen MR) is 57.0 cm³/mol. The SMILES string of the molecule is CC(C)(C)CNCCCc1ncn[nH]1. The second-order valence-electron chi connectivity index (χ2n) is 4.77. The van der Waals surface area contributed by atoms with Crippen LogP contribution in [0.3, 0.4) is 0 Å². The van der Waals surface area contributed by atoms with Gasteiger partial charge in [-0.15, -0.1) is 0 Å². The molecule has 1 aromatic rings. The van der Waals surface area contributed by atoms with Crippen molar-refractivity contribution in [2.75, 3.05) is 13.1 Å². The van der Waals surface area contributed by atoms with Gasteiger partial charge in [-0.25, -0.2) is 4.98 Å². The van der Waals surface area contributed by atoms with E-state index in [2.05, 4.69) is 41.3 Å². The van der Waals surface area contributed by atoms with E-state index in [1.54, 1.807) is 6.33 Å². The topological polar surface area (TPSA) is 53.6 Å². The third-order valence-corrected chi connectivity index (χ3v) is 1.89. The van der Waals surface area contributed by atoms with Crippen LogP contribution in [0, 0.1) is 5.41 Å². The Morgan fingerprint density at radius 3 is 2.79 bits per heavy atom. The van der Waals surface area contributed by atoms with Crippen LogP contribution in [-0.4, -0.2) is 28.3 Å². The zero-order valence-electron chi connectivity index (χ0n) is 9.30. The van der Waals surface area contributed by atoms with E-state index in [0.29, 0.717) is 5.41 Å². The second kappa shape index (κ2) is 5.10. The van der Waals surface area contributed by atoms with Gasteiger partial charge < -0.3 is 5.32 Å². The van der Waals surface area contributed by atoms with Gasteiger partial charge in [-0.2, -0.15) is 5.10 Å². The van der Waals surface area contributed by atoms with Gasteiger partial charge >= 0.3 is 0 Å². The molecule has 0 aliphatic rings. The minimum Gasteiger partial charge on any atom is -0.316 e. The normalized spacial score (nSPS) is 11.9. The first-order chi connectivity index (χ1) is 6.58. The van der Waals surface area contributed by atoms with Crippen LogP contribution in [-0.2, 0) is 6.42 Å². The Labute approximate surface area is 85.5 Å². The summed E-state index contributed by atoms with van der Waals surface area (Å²) in [6, 6.07) is 0. The first-order valence-electron chi connectivity index (χ1n) is 5.13. The van der Waals surface area contributed by atoms with Crippen molar-refractivity contribution in [1.29, 1.82) is 0 Å². The fourth-order valence-corrected chi connectivity index (χ4v) is 1.20. The molecule has 0 aliphatic heterocycles. The third-order valence-electron chi connectivity index (χ3n) is 1.89. The van der Waals surface area contributed by atoms with Crippen LogP contribution in [0.4, 0.5) is 0 Å². The molecule has 4 heteroatoms. The van der Waals surface area contributed by atoms with Crippen molar-refractivity contribution in [3.63, 3.8) is 0 Å². The molecule has 14 heavy (non-hydrogen) atoms. The monoisotopic (exact) mass is 196 g/mol. The number of aryl methyl sites for hydroxylation is 1. The molecule has 1 aromatic heterocycles. The highest BCUT2D eigenvalue weighted by Crippen LogP contribution is 2.09. The molecule has 2 N–H and O–H groups in total. The molecule has 0 bridgehead atoms. The van der Waals surface area contributed by atoms with E-state index >= 15 is 0 Å². The minimum absolute atomic E-state index is 0.367. The molecule has 0 unspecified atom stereocenters. The maximum atomic E-state index is 4.07. The summed E-state index contributed by atoms with van der Waals surface area (Å²) < 4.78 is 0. The average molecular weight is 196 g/mol. The van der Waals surface area contributed by atoms with Crippen LogP contribution in [0.25, 0.3) is 0 Å². The van der Waals surface area contributed by atoms with Crippen molar-refractivity contribution in [2.24, 2.45) is 5.41 Å². The Hall–Kier alpha value is -0.900. The number of hydrogen-bond acceptors (Lipinski definition) is 3. The maximum Gasteiger partial charge on any atom is 0.137 e. The lowest BCUT2D eigenvalue weighted by Crippen LogP contribution is -2.27. The molecule has 0 spiro atoms. The summed E-state index contributed by atoms with van der Waals surface area (Å²) in [4.78, 5) is 4.07. The van der Waals surface area contributed by atoms with Crippen LogP contribution in [0.15, 0.2) is 6.33 Å². The molecule has 4 nitrogen and oxygen atoms in total. The molecule has 0 amide bonds. The van der Waals surface area contributed by atoms with Gasteiger partial charge in [0.2, 0.25) is 0 Å². The molecule has 1 heterocycles. The highest BCUT2D eigenvalue weighted by molar-refractivity contribution is 4.79. The fraction of sp³-hybridized carbons (Fsp3) is 0.800. The number of aromatic amines is 1. The van der Waals surface area contributed by atoms with E-state index in [1.165, 1.54) is 0 Å². The van der Waals surface area contributed by atoms with Gasteiger partial charge in [-0.3, -0.25) is 5.10 Å². The highest BCUT2D eigenvalue weighted by atomic mass is 15.2. The van der Waals surface area contributed by atoms with Gasteiger partial charge in [0.05, 0.1) is 0 Å². The Morgan fingerprint density at radius 2 is 2.21 bits per heavy atom. The van der Waals surface area contributed by atoms with Crippen LogP contribution in [0.2, 0.25) is 0 Å². The van der Waals surface area contributed by atoms with Gasteiger partial charge in [-0.1, -0.05) is 20.8 Å². The lowest BCUT2D eigenvalue weighted by molar-refractivity contribution is 0.379. The summed E-state index contributed by atoms with van der Waals surface area (Å²) in [5, 5.41) is 10.1. The van der Waals surface area contributed by atoms with E-state index in [9.17, 15) is 0 Å². The standard InChI is InChI=1S/C10H20N4/c1-10(2,3)7-11-6-4-5-9-12-8-13-14-9/h8,11H,4-7H2,1-3H3,(H,12,13,14).